The van der Waals surface area contributed by atoms with Crippen molar-refractivity contribution in [1.29, 1.82) is 0 Å². The van der Waals surface area contributed by atoms with E-state index >= 15 is 0 Å². The number of carbonyl (C=O) groups excluding carboxylic acids is 2. The molecule has 1 aliphatic carbocycles. The van der Waals surface area contributed by atoms with E-state index in [1.807, 2.05) is 43.3 Å². The van der Waals surface area contributed by atoms with E-state index in [0.717, 1.165) is 28.7 Å². The first-order valence-corrected chi connectivity index (χ1v) is 11.1. The fraction of sp³-hybridized carbons (Fsp3) is 0.400. The fourth-order valence-corrected chi connectivity index (χ4v) is 4.07. The van der Waals surface area contributed by atoms with Gasteiger partial charge in [-0.15, -0.1) is 0 Å². The van der Waals surface area contributed by atoms with Crippen molar-refractivity contribution in [3.05, 3.63) is 59.7 Å². The average Bonchev–Trinajstić information content (AvgIpc) is 3.12. The number of carboxylic acids is 1. The highest BCUT2D eigenvalue weighted by atomic mass is 16.5. The fourth-order valence-electron chi connectivity index (χ4n) is 4.07. The third kappa shape index (κ3) is 5.28. The Hall–Kier alpha value is -3.35. The molecule has 0 heterocycles. The largest absolute Gasteiger partial charge is 0.480 e. The zero-order valence-corrected chi connectivity index (χ0v) is 18.5. The Morgan fingerprint density at radius 3 is 2.06 bits per heavy atom. The van der Waals surface area contributed by atoms with Crippen molar-refractivity contribution < 1.29 is 24.2 Å². The highest BCUT2D eigenvalue weighted by Gasteiger charge is 2.30. The van der Waals surface area contributed by atoms with Gasteiger partial charge in [0.05, 0.1) is 0 Å². The van der Waals surface area contributed by atoms with E-state index in [-0.39, 0.29) is 12.5 Å². The molecule has 1 unspecified atom stereocenters. The van der Waals surface area contributed by atoms with E-state index in [1.54, 1.807) is 6.92 Å². The minimum absolute atomic E-state index is 0.0764. The van der Waals surface area contributed by atoms with Crippen LogP contribution in [0.1, 0.15) is 56.6 Å². The quantitative estimate of drug-likeness (QED) is 0.519. The maximum Gasteiger partial charge on any atom is 0.407 e. The molecule has 0 spiro atoms. The van der Waals surface area contributed by atoms with Crippen LogP contribution >= 0.6 is 0 Å². The molecule has 170 valence electrons. The summed E-state index contributed by atoms with van der Waals surface area (Å²) in [6.07, 6.45) is 1.48. The van der Waals surface area contributed by atoms with Crippen molar-refractivity contribution in [2.45, 2.75) is 57.5 Å². The molecule has 0 aliphatic heterocycles. The summed E-state index contributed by atoms with van der Waals surface area (Å²) in [5, 5.41) is 14.4. The Labute approximate surface area is 188 Å². The molecule has 2 aromatic carbocycles. The van der Waals surface area contributed by atoms with E-state index in [1.165, 1.54) is 0 Å². The predicted octanol–water partition coefficient (Wildman–Crippen LogP) is 4.06. The second-order valence-corrected chi connectivity index (χ2v) is 7.97. The number of ether oxygens (including phenoxy) is 1. The molecule has 0 saturated heterocycles. The smallest absolute Gasteiger partial charge is 0.407 e. The molecule has 7 nitrogen and oxygen atoms in total. The molecule has 0 radical (unpaired) electrons. The predicted molar refractivity (Wildman–Crippen MR) is 121 cm³/mol. The minimum Gasteiger partial charge on any atom is -0.480 e. The first kappa shape index (κ1) is 23.3. The van der Waals surface area contributed by atoms with Gasteiger partial charge in [0.2, 0.25) is 5.91 Å². The Bertz CT molecular complexity index is 929. The van der Waals surface area contributed by atoms with Gasteiger partial charge in [-0.2, -0.15) is 0 Å². The molecule has 3 rings (SSSR count). The van der Waals surface area contributed by atoms with Crippen LogP contribution in [-0.4, -0.2) is 41.8 Å². The van der Waals surface area contributed by atoms with Crippen molar-refractivity contribution in [3.8, 4) is 11.1 Å². The zero-order valence-electron chi connectivity index (χ0n) is 18.5. The summed E-state index contributed by atoms with van der Waals surface area (Å²) in [7, 11) is 0. The molecule has 0 bridgehead atoms. The van der Waals surface area contributed by atoms with E-state index in [4.69, 9.17) is 4.74 Å². The molecular weight excluding hydrogens is 408 g/mol. The van der Waals surface area contributed by atoms with Crippen LogP contribution in [0.4, 0.5) is 4.79 Å². The molecule has 0 fully saturated rings. The lowest BCUT2D eigenvalue weighted by molar-refractivity contribution is -0.142. The molecule has 2 amide bonds. The van der Waals surface area contributed by atoms with E-state index < -0.39 is 30.1 Å². The minimum atomic E-state index is -1.08. The van der Waals surface area contributed by atoms with Gasteiger partial charge in [0, 0.05) is 5.92 Å². The Kier molecular flexibility index (Phi) is 7.87. The molecule has 7 heteroatoms. The summed E-state index contributed by atoms with van der Waals surface area (Å²) in [5.41, 5.74) is 4.47. The summed E-state index contributed by atoms with van der Waals surface area (Å²) in [6.45, 7) is 3.84. The number of nitrogens with one attached hydrogen (secondary N) is 2. The van der Waals surface area contributed by atoms with Crippen molar-refractivity contribution in [3.63, 3.8) is 0 Å². The van der Waals surface area contributed by atoms with Crippen molar-refractivity contribution in [2.75, 3.05) is 6.61 Å². The van der Waals surface area contributed by atoms with Crippen LogP contribution in [0.15, 0.2) is 48.5 Å². The normalized spacial score (nSPS) is 14.1. The topological polar surface area (TPSA) is 105 Å². The SMILES string of the molecule is CCCCC(NC(=O)[C@H](CC)NC(=O)OCC1c2ccccc2-c2ccccc21)C(=O)O. The van der Waals surface area contributed by atoms with Gasteiger partial charge in [0.1, 0.15) is 18.7 Å². The lowest BCUT2D eigenvalue weighted by Crippen LogP contribution is -2.51. The Morgan fingerprint density at radius 1 is 0.938 bits per heavy atom. The van der Waals surface area contributed by atoms with Crippen molar-refractivity contribution in [2.24, 2.45) is 0 Å². The van der Waals surface area contributed by atoms with Gasteiger partial charge in [-0.05, 0) is 35.1 Å². The summed E-state index contributed by atoms with van der Waals surface area (Å²) < 4.78 is 5.49. The van der Waals surface area contributed by atoms with Crippen LogP contribution in [-0.2, 0) is 14.3 Å². The van der Waals surface area contributed by atoms with E-state index in [9.17, 15) is 19.5 Å². The summed E-state index contributed by atoms with van der Waals surface area (Å²) in [5.74, 6) is -1.68. The van der Waals surface area contributed by atoms with E-state index in [0.29, 0.717) is 19.3 Å². The van der Waals surface area contributed by atoms with Crippen molar-refractivity contribution in [1.82, 2.24) is 10.6 Å². The van der Waals surface area contributed by atoms with Gasteiger partial charge in [-0.3, -0.25) is 4.79 Å². The number of carbonyl (C=O) groups is 3. The first-order chi connectivity index (χ1) is 15.5. The molecule has 32 heavy (non-hydrogen) atoms. The third-order valence-corrected chi connectivity index (χ3v) is 5.82. The van der Waals surface area contributed by atoms with Gasteiger partial charge < -0.3 is 20.5 Å². The molecule has 0 aromatic heterocycles. The highest BCUT2D eigenvalue weighted by Crippen LogP contribution is 2.44. The monoisotopic (exact) mass is 438 g/mol. The lowest BCUT2D eigenvalue weighted by Gasteiger charge is -2.21. The Balaban J connectivity index is 1.60. The highest BCUT2D eigenvalue weighted by molar-refractivity contribution is 5.89. The summed E-state index contributed by atoms with van der Waals surface area (Å²) in [4.78, 5) is 36.4. The van der Waals surface area contributed by atoms with Crippen LogP contribution in [0.25, 0.3) is 11.1 Å². The maximum atomic E-state index is 12.5. The number of benzene rings is 2. The molecule has 1 aliphatic rings. The van der Waals surface area contributed by atoms with Crippen LogP contribution in [0.3, 0.4) is 0 Å². The van der Waals surface area contributed by atoms with Crippen LogP contribution in [0, 0.1) is 0 Å². The zero-order chi connectivity index (χ0) is 23.1. The number of fused-ring (bicyclic) bond motifs is 3. The number of alkyl carbamates (subject to hydrolysis) is 1. The number of rotatable bonds is 10. The van der Waals surface area contributed by atoms with Crippen LogP contribution < -0.4 is 10.6 Å². The first-order valence-electron chi connectivity index (χ1n) is 11.1. The standard InChI is InChI=1S/C25H30N2O5/c1-3-5-14-22(24(29)30)26-23(28)21(4-2)27-25(31)32-15-20-18-12-8-6-10-16(18)17-11-7-9-13-19(17)20/h6-13,20-22H,3-5,14-15H2,1-2H3,(H,26,28)(H,27,31)(H,29,30)/t21-,22?/m0/s1. The maximum absolute atomic E-state index is 12.5. The number of hydrogen-bond acceptors (Lipinski definition) is 4. The second kappa shape index (κ2) is 10.8. The molecule has 2 aromatic rings. The molecule has 2 atom stereocenters. The number of hydrogen-bond donors (Lipinski definition) is 3. The molecule has 3 N–H and O–H groups in total. The lowest BCUT2D eigenvalue weighted by atomic mass is 9.98. The number of unbranched alkanes of at least 4 members (excludes halogenated alkanes) is 1. The van der Waals surface area contributed by atoms with Crippen LogP contribution in [0.2, 0.25) is 0 Å². The molecule has 0 saturated carbocycles. The number of aliphatic carboxylic acids is 1. The summed E-state index contributed by atoms with van der Waals surface area (Å²) >= 11 is 0. The van der Waals surface area contributed by atoms with Gasteiger partial charge in [-0.25, -0.2) is 9.59 Å². The average molecular weight is 439 g/mol. The van der Waals surface area contributed by atoms with Gasteiger partial charge >= 0.3 is 12.1 Å². The molecular formula is C25H30N2O5. The Morgan fingerprint density at radius 2 is 1.53 bits per heavy atom. The van der Waals surface area contributed by atoms with Gasteiger partial charge in [0.15, 0.2) is 0 Å². The van der Waals surface area contributed by atoms with Crippen molar-refractivity contribution >= 4 is 18.0 Å². The van der Waals surface area contributed by atoms with Gasteiger partial charge in [-0.1, -0.05) is 75.2 Å². The second-order valence-electron chi connectivity index (χ2n) is 7.97. The van der Waals surface area contributed by atoms with Crippen LogP contribution in [0.5, 0.6) is 0 Å². The van der Waals surface area contributed by atoms with Gasteiger partial charge in [0.25, 0.3) is 0 Å². The summed E-state index contributed by atoms with van der Waals surface area (Å²) in [6, 6.07) is 14.3. The number of amides is 2. The van der Waals surface area contributed by atoms with E-state index in [2.05, 4.69) is 22.8 Å². The number of carboxylic acid groups (broad SMARTS) is 1. The third-order valence-electron chi connectivity index (χ3n) is 5.82.